The summed E-state index contributed by atoms with van der Waals surface area (Å²) >= 11 is 0. The number of carbonyl (C=O) groups is 1. The molecule has 1 saturated heterocycles. The standard InChI is InChI=1S/C18H23N5O/c1-13-19-16(18(24)23-10-4-5-11-23)12-17(20-13)21-14-6-8-15(9-7-14)22(2)3/h6-9,12H,4-5,10-11H2,1-3H3,(H,19,20,21). The van der Waals surface area contributed by atoms with Crippen LogP contribution in [0.2, 0.25) is 0 Å². The third-order valence-corrected chi connectivity index (χ3v) is 4.11. The number of likely N-dealkylation sites (tertiary alicyclic amines) is 1. The average Bonchev–Trinajstić information content (AvgIpc) is 3.08. The zero-order valence-corrected chi connectivity index (χ0v) is 14.4. The molecule has 1 N–H and O–H groups in total. The molecular weight excluding hydrogens is 302 g/mol. The summed E-state index contributed by atoms with van der Waals surface area (Å²) < 4.78 is 0. The van der Waals surface area contributed by atoms with E-state index in [0.717, 1.165) is 37.3 Å². The normalized spacial score (nSPS) is 13.9. The maximum atomic E-state index is 12.5. The first-order chi connectivity index (χ1) is 11.5. The van der Waals surface area contributed by atoms with E-state index in [2.05, 4.69) is 15.3 Å². The maximum absolute atomic E-state index is 12.5. The minimum absolute atomic E-state index is 0.0102. The first-order valence-electron chi connectivity index (χ1n) is 8.22. The lowest BCUT2D eigenvalue weighted by molar-refractivity contribution is 0.0786. The fourth-order valence-corrected chi connectivity index (χ4v) is 2.81. The van der Waals surface area contributed by atoms with E-state index in [-0.39, 0.29) is 5.91 Å². The van der Waals surface area contributed by atoms with Crippen molar-refractivity contribution in [2.24, 2.45) is 0 Å². The topological polar surface area (TPSA) is 61.4 Å². The van der Waals surface area contributed by atoms with Crippen LogP contribution in [0.5, 0.6) is 0 Å². The van der Waals surface area contributed by atoms with Crippen LogP contribution in [0.15, 0.2) is 30.3 Å². The molecule has 1 aliphatic rings. The lowest BCUT2D eigenvalue weighted by Gasteiger charge is -2.16. The number of nitrogens with one attached hydrogen (secondary N) is 1. The number of anilines is 3. The second-order valence-electron chi connectivity index (χ2n) is 6.25. The SMILES string of the molecule is Cc1nc(Nc2ccc(N(C)C)cc2)cc(C(=O)N2CCCC2)n1. The number of hydrogen-bond acceptors (Lipinski definition) is 5. The summed E-state index contributed by atoms with van der Waals surface area (Å²) in [5, 5.41) is 3.26. The van der Waals surface area contributed by atoms with Gasteiger partial charge in [0.05, 0.1) is 0 Å². The van der Waals surface area contributed by atoms with Gasteiger partial charge >= 0.3 is 0 Å². The van der Waals surface area contributed by atoms with Crippen molar-refractivity contribution in [1.29, 1.82) is 0 Å². The van der Waals surface area contributed by atoms with Crippen LogP contribution in [0.25, 0.3) is 0 Å². The predicted molar refractivity (Wildman–Crippen MR) is 96.0 cm³/mol. The Kier molecular flexibility index (Phi) is 4.64. The van der Waals surface area contributed by atoms with Gasteiger partial charge in [-0.1, -0.05) is 0 Å². The molecule has 0 radical (unpaired) electrons. The lowest BCUT2D eigenvalue weighted by atomic mass is 10.2. The molecule has 3 rings (SSSR count). The molecule has 6 nitrogen and oxygen atoms in total. The van der Waals surface area contributed by atoms with Crippen LogP contribution in [-0.4, -0.2) is 48.0 Å². The fourth-order valence-electron chi connectivity index (χ4n) is 2.81. The van der Waals surface area contributed by atoms with E-state index in [4.69, 9.17) is 0 Å². The molecular formula is C18H23N5O. The van der Waals surface area contributed by atoms with Crippen molar-refractivity contribution in [3.8, 4) is 0 Å². The minimum atomic E-state index is -0.0102. The van der Waals surface area contributed by atoms with E-state index in [9.17, 15) is 4.79 Å². The molecule has 24 heavy (non-hydrogen) atoms. The fraction of sp³-hybridized carbons (Fsp3) is 0.389. The number of benzene rings is 1. The molecule has 1 aliphatic heterocycles. The van der Waals surface area contributed by atoms with Gasteiger partial charge in [-0.2, -0.15) is 0 Å². The number of carbonyl (C=O) groups excluding carboxylic acids is 1. The van der Waals surface area contributed by atoms with Crippen molar-refractivity contribution in [1.82, 2.24) is 14.9 Å². The largest absolute Gasteiger partial charge is 0.378 e. The quantitative estimate of drug-likeness (QED) is 0.936. The van der Waals surface area contributed by atoms with E-state index in [1.54, 1.807) is 13.0 Å². The molecule has 0 saturated carbocycles. The summed E-state index contributed by atoms with van der Waals surface area (Å²) in [4.78, 5) is 25.1. The Bertz CT molecular complexity index is 721. The highest BCUT2D eigenvalue weighted by atomic mass is 16.2. The van der Waals surface area contributed by atoms with Gasteiger partial charge in [-0.15, -0.1) is 0 Å². The van der Waals surface area contributed by atoms with Gasteiger partial charge in [0.1, 0.15) is 17.3 Å². The summed E-state index contributed by atoms with van der Waals surface area (Å²) in [7, 11) is 4.01. The van der Waals surface area contributed by atoms with Crippen molar-refractivity contribution in [2.75, 3.05) is 37.4 Å². The van der Waals surface area contributed by atoms with Crippen LogP contribution < -0.4 is 10.2 Å². The average molecular weight is 325 g/mol. The second kappa shape index (κ2) is 6.86. The van der Waals surface area contributed by atoms with Crippen molar-refractivity contribution in [3.63, 3.8) is 0 Å². The Balaban J connectivity index is 1.79. The van der Waals surface area contributed by atoms with Gasteiger partial charge in [0.2, 0.25) is 0 Å². The summed E-state index contributed by atoms with van der Waals surface area (Å²) in [6, 6.07) is 9.79. The molecule has 0 spiro atoms. The highest BCUT2D eigenvalue weighted by Gasteiger charge is 2.21. The highest BCUT2D eigenvalue weighted by molar-refractivity contribution is 5.93. The van der Waals surface area contributed by atoms with Gasteiger partial charge in [0.25, 0.3) is 5.91 Å². The Morgan fingerprint density at radius 1 is 1.12 bits per heavy atom. The number of amides is 1. The van der Waals surface area contributed by atoms with Gasteiger partial charge in [-0.3, -0.25) is 4.79 Å². The number of nitrogens with zero attached hydrogens (tertiary/aromatic N) is 4. The van der Waals surface area contributed by atoms with Crippen molar-refractivity contribution in [2.45, 2.75) is 19.8 Å². The highest BCUT2D eigenvalue weighted by Crippen LogP contribution is 2.20. The van der Waals surface area contributed by atoms with Crippen LogP contribution in [0, 0.1) is 6.92 Å². The van der Waals surface area contributed by atoms with Crippen LogP contribution >= 0.6 is 0 Å². The van der Waals surface area contributed by atoms with Crippen LogP contribution in [0.3, 0.4) is 0 Å². The monoisotopic (exact) mass is 325 g/mol. The molecule has 1 aromatic carbocycles. The maximum Gasteiger partial charge on any atom is 0.272 e. The molecule has 1 amide bonds. The molecule has 0 atom stereocenters. The third kappa shape index (κ3) is 3.64. The molecule has 126 valence electrons. The molecule has 1 fully saturated rings. The summed E-state index contributed by atoms with van der Waals surface area (Å²) in [5.41, 5.74) is 2.51. The molecule has 2 heterocycles. The molecule has 0 aliphatic carbocycles. The summed E-state index contributed by atoms with van der Waals surface area (Å²) in [6.45, 7) is 3.44. The number of aryl methyl sites for hydroxylation is 1. The molecule has 2 aromatic rings. The van der Waals surface area contributed by atoms with E-state index in [1.807, 2.05) is 48.2 Å². The van der Waals surface area contributed by atoms with E-state index >= 15 is 0 Å². The third-order valence-electron chi connectivity index (χ3n) is 4.11. The first kappa shape index (κ1) is 16.2. The van der Waals surface area contributed by atoms with Crippen LogP contribution in [-0.2, 0) is 0 Å². The first-order valence-corrected chi connectivity index (χ1v) is 8.22. The molecule has 1 aromatic heterocycles. The van der Waals surface area contributed by atoms with Crippen LogP contribution in [0.4, 0.5) is 17.2 Å². The van der Waals surface area contributed by atoms with Gasteiger partial charge in [0.15, 0.2) is 0 Å². The van der Waals surface area contributed by atoms with Crippen LogP contribution in [0.1, 0.15) is 29.2 Å². The van der Waals surface area contributed by atoms with E-state index in [1.165, 1.54) is 0 Å². The zero-order chi connectivity index (χ0) is 17.1. The summed E-state index contributed by atoms with van der Waals surface area (Å²) in [5.74, 6) is 1.22. The Hall–Kier alpha value is -2.63. The smallest absolute Gasteiger partial charge is 0.272 e. The Morgan fingerprint density at radius 3 is 2.42 bits per heavy atom. The van der Waals surface area contributed by atoms with Crippen molar-refractivity contribution >= 4 is 23.1 Å². The van der Waals surface area contributed by atoms with E-state index in [0.29, 0.717) is 17.3 Å². The predicted octanol–water partition coefficient (Wildman–Crippen LogP) is 2.83. The molecule has 0 bridgehead atoms. The van der Waals surface area contributed by atoms with Gasteiger partial charge < -0.3 is 15.1 Å². The van der Waals surface area contributed by atoms with E-state index < -0.39 is 0 Å². The lowest BCUT2D eigenvalue weighted by Crippen LogP contribution is -2.28. The summed E-state index contributed by atoms with van der Waals surface area (Å²) in [6.07, 6.45) is 2.14. The second-order valence-corrected chi connectivity index (χ2v) is 6.25. The Morgan fingerprint density at radius 2 is 1.79 bits per heavy atom. The van der Waals surface area contributed by atoms with Crippen molar-refractivity contribution in [3.05, 3.63) is 41.9 Å². The van der Waals surface area contributed by atoms with Gasteiger partial charge in [0, 0.05) is 44.6 Å². The van der Waals surface area contributed by atoms with Gasteiger partial charge in [-0.25, -0.2) is 9.97 Å². The zero-order valence-electron chi connectivity index (χ0n) is 14.4. The Labute approximate surface area is 142 Å². The minimum Gasteiger partial charge on any atom is -0.378 e. The molecule has 0 unspecified atom stereocenters. The number of hydrogen-bond donors (Lipinski definition) is 1. The number of aromatic nitrogens is 2. The van der Waals surface area contributed by atoms with Crippen molar-refractivity contribution < 1.29 is 4.79 Å². The van der Waals surface area contributed by atoms with Gasteiger partial charge in [-0.05, 0) is 44.0 Å². The molecule has 6 heteroatoms. The number of rotatable bonds is 4.